The molecule has 0 saturated heterocycles. The largest absolute Gasteiger partial charge is 0.496 e. The van der Waals surface area contributed by atoms with Crippen molar-refractivity contribution in [2.75, 3.05) is 7.11 Å². The SMILES string of the molecule is COc1ccc2ccccc2c1CNC(=O)c1cc(CCc2ccccc2)no1. The average molecular weight is 386 g/mol. The molecule has 1 amide bonds. The lowest BCUT2D eigenvalue weighted by atomic mass is 10.0. The standard InChI is InChI=1S/C24H22N2O3/c1-28-22-14-12-18-9-5-6-10-20(18)21(22)16-25-24(27)23-15-19(26-29-23)13-11-17-7-3-2-4-8-17/h2-10,12,14-15H,11,13,16H2,1H3,(H,25,27). The van der Waals surface area contributed by atoms with Crippen LogP contribution in [-0.2, 0) is 19.4 Å². The van der Waals surface area contributed by atoms with Crippen molar-refractivity contribution in [3.63, 3.8) is 0 Å². The van der Waals surface area contributed by atoms with Gasteiger partial charge < -0.3 is 14.6 Å². The molecule has 0 aliphatic carbocycles. The molecular formula is C24H22N2O3. The molecule has 1 N–H and O–H groups in total. The van der Waals surface area contributed by atoms with Gasteiger partial charge in [0.2, 0.25) is 5.76 Å². The molecule has 0 spiro atoms. The number of methoxy groups -OCH3 is 1. The van der Waals surface area contributed by atoms with Crippen molar-refractivity contribution in [2.24, 2.45) is 0 Å². The first-order valence-electron chi connectivity index (χ1n) is 9.57. The molecule has 3 aromatic carbocycles. The van der Waals surface area contributed by atoms with E-state index in [1.54, 1.807) is 13.2 Å². The van der Waals surface area contributed by atoms with Gasteiger partial charge in [-0.1, -0.05) is 65.8 Å². The van der Waals surface area contributed by atoms with Crippen molar-refractivity contribution >= 4 is 16.7 Å². The quantitative estimate of drug-likeness (QED) is 0.506. The summed E-state index contributed by atoms with van der Waals surface area (Å²) < 4.78 is 10.7. The van der Waals surface area contributed by atoms with E-state index in [4.69, 9.17) is 9.26 Å². The maximum absolute atomic E-state index is 12.6. The van der Waals surface area contributed by atoms with Crippen LogP contribution in [0.1, 0.15) is 27.4 Å². The molecule has 4 rings (SSSR count). The van der Waals surface area contributed by atoms with E-state index in [2.05, 4.69) is 22.6 Å². The van der Waals surface area contributed by atoms with Crippen molar-refractivity contribution in [1.82, 2.24) is 10.5 Å². The summed E-state index contributed by atoms with van der Waals surface area (Å²) in [5, 5.41) is 9.09. The van der Waals surface area contributed by atoms with Crippen LogP contribution in [0.4, 0.5) is 0 Å². The molecule has 0 aliphatic rings. The normalized spacial score (nSPS) is 10.8. The fraction of sp³-hybridized carbons (Fsp3) is 0.167. The number of aromatic nitrogens is 1. The lowest BCUT2D eigenvalue weighted by molar-refractivity contribution is 0.0914. The minimum atomic E-state index is -0.293. The third-order valence-corrected chi connectivity index (χ3v) is 4.94. The number of fused-ring (bicyclic) bond motifs is 1. The minimum absolute atomic E-state index is 0.215. The molecular weight excluding hydrogens is 364 g/mol. The highest BCUT2D eigenvalue weighted by molar-refractivity contribution is 5.92. The number of ether oxygens (including phenoxy) is 1. The molecule has 29 heavy (non-hydrogen) atoms. The van der Waals surface area contributed by atoms with Gasteiger partial charge in [0.15, 0.2) is 0 Å². The number of nitrogens with zero attached hydrogens (tertiary/aromatic N) is 1. The summed E-state index contributed by atoms with van der Waals surface area (Å²) in [4.78, 5) is 12.6. The Morgan fingerprint density at radius 2 is 1.79 bits per heavy atom. The zero-order chi connectivity index (χ0) is 20.1. The van der Waals surface area contributed by atoms with E-state index in [-0.39, 0.29) is 11.7 Å². The highest BCUT2D eigenvalue weighted by Gasteiger charge is 2.15. The first-order chi connectivity index (χ1) is 14.2. The second kappa shape index (κ2) is 8.61. The van der Waals surface area contributed by atoms with Crippen molar-refractivity contribution in [2.45, 2.75) is 19.4 Å². The number of hydrogen-bond acceptors (Lipinski definition) is 4. The molecule has 0 atom stereocenters. The van der Waals surface area contributed by atoms with Gasteiger partial charge >= 0.3 is 0 Å². The zero-order valence-corrected chi connectivity index (χ0v) is 16.2. The third-order valence-electron chi connectivity index (χ3n) is 4.94. The molecule has 1 aromatic heterocycles. The lowest BCUT2D eigenvalue weighted by Gasteiger charge is -2.12. The van der Waals surface area contributed by atoms with Crippen LogP contribution in [-0.4, -0.2) is 18.2 Å². The van der Waals surface area contributed by atoms with E-state index in [0.717, 1.165) is 40.6 Å². The third kappa shape index (κ3) is 4.29. The Balaban J connectivity index is 1.43. The Bertz CT molecular complexity index is 1120. The van der Waals surface area contributed by atoms with Crippen LogP contribution in [0.25, 0.3) is 10.8 Å². The molecule has 146 valence electrons. The number of benzene rings is 3. The number of carbonyl (C=O) groups is 1. The van der Waals surface area contributed by atoms with Gasteiger partial charge in [0.1, 0.15) is 5.75 Å². The molecule has 0 bridgehead atoms. The average Bonchev–Trinajstić information content (AvgIpc) is 3.25. The predicted molar refractivity (Wildman–Crippen MR) is 112 cm³/mol. The molecule has 0 radical (unpaired) electrons. The number of hydrogen-bond donors (Lipinski definition) is 1. The number of carbonyl (C=O) groups excluding carboxylic acids is 1. The first-order valence-corrected chi connectivity index (χ1v) is 9.57. The first kappa shape index (κ1) is 18.7. The second-order valence-electron chi connectivity index (χ2n) is 6.82. The fourth-order valence-corrected chi connectivity index (χ4v) is 3.40. The van der Waals surface area contributed by atoms with Gasteiger partial charge in [0.25, 0.3) is 5.91 Å². The summed E-state index contributed by atoms with van der Waals surface area (Å²) in [7, 11) is 1.63. The van der Waals surface area contributed by atoms with Crippen LogP contribution >= 0.6 is 0 Å². The van der Waals surface area contributed by atoms with Crippen molar-refractivity contribution in [1.29, 1.82) is 0 Å². The van der Waals surface area contributed by atoms with E-state index in [0.29, 0.717) is 6.54 Å². The van der Waals surface area contributed by atoms with Gasteiger partial charge in [-0.2, -0.15) is 0 Å². The molecule has 4 aromatic rings. The smallest absolute Gasteiger partial charge is 0.290 e. The Kier molecular flexibility index (Phi) is 5.56. The Morgan fingerprint density at radius 3 is 2.62 bits per heavy atom. The highest BCUT2D eigenvalue weighted by Crippen LogP contribution is 2.27. The Hall–Kier alpha value is -3.60. The van der Waals surface area contributed by atoms with Crippen LogP contribution in [0.5, 0.6) is 5.75 Å². The van der Waals surface area contributed by atoms with E-state index < -0.39 is 0 Å². The van der Waals surface area contributed by atoms with E-state index in [1.165, 1.54) is 5.56 Å². The molecule has 0 fully saturated rings. The molecule has 0 saturated carbocycles. The summed E-state index contributed by atoms with van der Waals surface area (Å²) in [6.45, 7) is 0.337. The van der Waals surface area contributed by atoms with Gasteiger partial charge in [-0.25, -0.2) is 0 Å². The van der Waals surface area contributed by atoms with E-state index in [1.807, 2.05) is 54.6 Å². The fourth-order valence-electron chi connectivity index (χ4n) is 3.40. The van der Waals surface area contributed by atoms with Crippen LogP contribution in [0.2, 0.25) is 0 Å². The summed E-state index contributed by atoms with van der Waals surface area (Å²) in [6, 6.07) is 23.8. The lowest BCUT2D eigenvalue weighted by Crippen LogP contribution is -2.22. The van der Waals surface area contributed by atoms with Crippen molar-refractivity contribution in [3.8, 4) is 5.75 Å². The molecule has 0 unspecified atom stereocenters. The minimum Gasteiger partial charge on any atom is -0.496 e. The Morgan fingerprint density at radius 1 is 1.00 bits per heavy atom. The zero-order valence-electron chi connectivity index (χ0n) is 16.2. The summed E-state index contributed by atoms with van der Waals surface area (Å²) in [6.07, 6.45) is 1.57. The van der Waals surface area contributed by atoms with Crippen molar-refractivity contribution in [3.05, 3.63) is 95.4 Å². The molecule has 5 nitrogen and oxygen atoms in total. The number of aryl methyl sites for hydroxylation is 2. The van der Waals surface area contributed by atoms with Crippen LogP contribution in [0, 0.1) is 0 Å². The molecule has 1 heterocycles. The monoisotopic (exact) mass is 386 g/mol. The maximum atomic E-state index is 12.6. The topological polar surface area (TPSA) is 64.4 Å². The van der Waals surface area contributed by atoms with Gasteiger partial charge in [-0.15, -0.1) is 0 Å². The predicted octanol–water partition coefficient (Wildman–Crippen LogP) is 4.55. The summed E-state index contributed by atoms with van der Waals surface area (Å²) in [5.74, 6) is 0.663. The summed E-state index contributed by atoms with van der Waals surface area (Å²) in [5.41, 5.74) is 2.93. The van der Waals surface area contributed by atoms with Crippen molar-refractivity contribution < 1.29 is 14.1 Å². The van der Waals surface area contributed by atoms with E-state index in [9.17, 15) is 4.79 Å². The maximum Gasteiger partial charge on any atom is 0.290 e. The van der Waals surface area contributed by atoms with Gasteiger partial charge in [-0.3, -0.25) is 4.79 Å². The molecule has 0 aliphatic heterocycles. The van der Waals surface area contributed by atoms with Gasteiger partial charge in [0.05, 0.1) is 12.8 Å². The number of amides is 1. The van der Waals surface area contributed by atoms with Crippen LogP contribution in [0.15, 0.2) is 77.3 Å². The highest BCUT2D eigenvalue weighted by atomic mass is 16.5. The Labute approximate surface area is 169 Å². The van der Waals surface area contributed by atoms with Crippen LogP contribution < -0.4 is 10.1 Å². The van der Waals surface area contributed by atoms with E-state index >= 15 is 0 Å². The van der Waals surface area contributed by atoms with Crippen LogP contribution in [0.3, 0.4) is 0 Å². The number of rotatable bonds is 7. The second-order valence-corrected chi connectivity index (χ2v) is 6.82. The number of nitrogens with one attached hydrogen (secondary N) is 1. The molecule has 5 heteroatoms. The van der Waals surface area contributed by atoms with Gasteiger partial charge in [0, 0.05) is 18.2 Å². The van der Waals surface area contributed by atoms with Gasteiger partial charge in [-0.05, 0) is 35.2 Å². The summed E-state index contributed by atoms with van der Waals surface area (Å²) >= 11 is 0.